The molecule has 3 heterocycles. The highest BCUT2D eigenvalue weighted by atomic mass is 32.2. The minimum atomic E-state index is -3.23. The minimum Gasteiger partial charge on any atom is -0.237 e. The van der Waals surface area contributed by atoms with Gasteiger partial charge in [-0.25, -0.2) is 23.1 Å². The van der Waals surface area contributed by atoms with Crippen LogP contribution in [-0.4, -0.2) is 41.0 Å². The Hall–Kier alpha value is -2.10. The molecule has 0 aromatic carbocycles. The Morgan fingerprint density at radius 3 is 2.84 bits per heavy atom. The van der Waals surface area contributed by atoms with E-state index in [1.54, 1.807) is 22.2 Å². The zero-order valence-electron chi connectivity index (χ0n) is 14.0. The maximum Gasteiger partial charge on any atom is 0.208 e. The molecule has 132 valence electrons. The molecule has 7 nitrogen and oxygen atoms in total. The summed E-state index contributed by atoms with van der Waals surface area (Å²) in [5.41, 5.74) is 1.07. The number of hydrogen-bond donors (Lipinski definition) is 1. The highest BCUT2D eigenvalue weighted by molar-refractivity contribution is 7.88. The SMILES string of the molecule is Cc1ccnc(-n2nc(Cc3cccs3)nc2CCNS(C)(=O)=O)c1. The van der Waals surface area contributed by atoms with E-state index in [1.165, 1.54) is 4.88 Å². The van der Waals surface area contributed by atoms with Gasteiger partial charge in [0.25, 0.3) is 0 Å². The van der Waals surface area contributed by atoms with Crippen molar-refractivity contribution in [2.45, 2.75) is 19.8 Å². The lowest BCUT2D eigenvalue weighted by Gasteiger charge is -2.06. The molecule has 0 aliphatic carbocycles. The van der Waals surface area contributed by atoms with Crippen molar-refractivity contribution in [2.75, 3.05) is 12.8 Å². The highest BCUT2D eigenvalue weighted by Gasteiger charge is 2.14. The molecule has 0 atom stereocenters. The molecule has 3 aromatic rings. The van der Waals surface area contributed by atoms with E-state index in [1.807, 2.05) is 36.6 Å². The van der Waals surface area contributed by atoms with Crippen LogP contribution in [0.2, 0.25) is 0 Å². The Morgan fingerprint density at radius 1 is 1.32 bits per heavy atom. The average Bonchev–Trinajstić information content (AvgIpc) is 3.16. The van der Waals surface area contributed by atoms with Gasteiger partial charge in [0.1, 0.15) is 5.82 Å². The van der Waals surface area contributed by atoms with Crippen molar-refractivity contribution in [3.05, 3.63) is 57.9 Å². The van der Waals surface area contributed by atoms with Gasteiger partial charge in [-0.3, -0.25) is 0 Å². The number of thiophene rings is 1. The molecule has 0 aliphatic heterocycles. The van der Waals surface area contributed by atoms with Gasteiger partial charge in [-0.1, -0.05) is 6.07 Å². The lowest BCUT2D eigenvalue weighted by atomic mass is 10.3. The third-order valence-electron chi connectivity index (χ3n) is 3.46. The van der Waals surface area contributed by atoms with Crippen molar-refractivity contribution in [1.82, 2.24) is 24.5 Å². The van der Waals surface area contributed by atoms with Crippen LogP contribution in [0.25, 0.3) is 5.82 Å². The Labute approximate surface area is 150 Å². The fraction of sp³-hybridized carbons (Fsp3) is 0.312. The lowest BCUT2D eigenvalue weighted by Crippen LogP contribution is -2.25. The average molecular weight is 377 g/mol. The number of sulfonamides is 1. The summed E-state index contributed by atoms with van der Waals surface area (Å²) in [5.74, 6) is 2.06. The van der Waals surface area contributed by atoms with Gasteiger partial charge < -0.3 is 0 Å². The Bertz CT molecular complexity index is 949. The van der Waals surface area contributed by atoms with Crippen LogP contribution >= 0.6 is 11.3 Å². The van der Waals surface area contributed by atoms with E-state index in [4.69, 9.17) is 0 Å². The van der Waals surface area contributed by atoms with Gasteiger partial charge in [-0.05, 0) is 36.1 Å². The van der Waals surface area contributed by atoms with E-state index < -0.39 is 10.0 Å². The Balaban J connectivity index is 1.88. The summed E-state index contributed by atoms with van der Waals surface area (Å²) in [6.45, 7) is 2.25. The van der Waals surface area contributed by atoms with E-state index >= 15 is 0 Å². The molecule has 0 saturated carbocycles. The monoisotopic (exact) mass is 377 g/mol. The second-order valence-electron chi connectivity index (χ2n) is 5.72. The van der Waals surface area contributed by atoms with Gasteiger partial charge in [0, 0.05) is 30.5 Å². The van der Waals surface area contributed by atoms with Crippen LogP contribution in [0.5, 0.6) is 0 Å². The summed E-state index contributed by atoms with van der Waals surface area (Å²) in [7, 11) is -3.23. The predicted octanol–water partition coefficient (Wildman–Crippen LogP) is 1.71. The maximum absolute atomic E-state index is 11.3. The maximum atomic E-state index is 11.3. The molecule has 0 amide bonds. The molecule has 0 bridgehead atoms. The summed E-state index contributed by atoms with van der Waals surface area (Å²) in [6.07, 6.45) is 3.94. The Kier molecular flexibility index (Phi) is 5.26. The quantitative estimate of drug-likeness (QED) is 0.677. The van der Waals surface area contributed by atoms with Crippen LogP contribution < -0.4 is 4.72 Å². The molecule has 1 N–H and O–H groups in total. The van der Waals surface area contributed by atoms with Crippen LogP contribution in [0.1, 0.15) is 22.1 Å². The van der Waals surface area contributed by atoms with Gasteiger partial charge in [-0.15, -0.1) is 16.4 Å². The van der Waals surface area contributed by atoms with Crippen molar-refractivity contribution in [3.8, 4) is 5.82 Å². The van der Waals surface area contributed by atoms with Crippen molar-refractivity contribution < 1.29 is 8.42 Å². The van der Waals surface area contributed by atoms with E-state index in [-0.39, 0.29) is 6.54 Å². The first-order valence-electron chi connectivity index (χ1n) is 7.75. The number of pyridine rings is 1. The van der Waals surface area contributed by atoms with Gasteiger partial charge in [0.15, 0.2) is 11.6 Å². The number of nitrogens with zero attached hydrogens (tertiary/aromatic N) is 4. The molecule has 0 radical (unpaired) electrons. The smallest absolute Gasteiger partial charge is 0.208 e. The van der Waals surface area contributed by atoms with Crippen LogP contribution in [0.4, 0.5) is 0 Å². The molecule has 0 fully saturated rings. The third-order valence-corrected chi connectivity index (χ3v) is 5.07. The number of hydrogen-bond acceptors (Lipinski definition) is 6. The van der Waals surface area contributed by atoms with Crippen LogP contribution in [-0.2, 0) is 22.9 Å². The summed E-state index contributed by atoms with van der Waals surface area (Å²) in [4.78, 5) is 10.1. The zero-order chi connectivity index (χ0) is 17.9. The molecule has 0 unspecified atom stereocenters. The summed E-state index contributed by atoms with van der Waals surface area (Å²) >= 11 is 1.66. The van der Waals surface area contributed by atoms with Gasteiger partial charge in [-0.2, -0.15) is 4.68 Å². The Morgan fingerprint density at radius 2 is 2.16 bits per heavy atom. The van der Waals surface area contributed by atoms with Crippen LogP contribution in [0.3, 0.4) is 0 Å². The topological polar surface area (TPSA) is 89.8 Å². The standard InChI is InChI=1S/C16H19N5O2S2/c1-12-5-7-17-16(10-12)21-15(6-8-18-25(2,22)23)19-14(20-21)11-13-4-3-9-24-13/h3-5,7,9-10,18H,6,8,11H2,1-2H3. The van der Waals surface area contributed by atoms with Crippen molar-refractivity contribution >= 4 is 21.4 Å². The number of nitrogens with one attached hydrogen (secondary N) is 1. The number of aromatic nitrogens is 4. The van der Waals surface area contributed by atoms with E-state index in [9.17, 15) is 8.42 Å². The molecule has 3 aromatic heterocycles. The lowest BCUT2D eigenvalue weighted by molar-refractivity contribution is 0.586. The van der Waals surface area contributed by atoms with Crippen molar-refractivity contribution in [1.29, 1.82) is 0 Å². The van der Waals surface area contributed by atoms with Crippen LogP contribution in [0.15, 0.2) is 35.8 Å². The number of rotatable bonds is 7. The van der Waals surface area contributed by atoms with Crippen molar-refractivity contribution in [2.24, 2.45) is 0 Å². The second kappa shape index (κ2) is 7.42. The molecular formula is C16H19N5O2S2. The summed E-state index contributed by atoms with van der Waals surface area (Å²) in [5, 5.41) is 6.60. The zero-order valence-corrected chi connectivity index (χ0v) is 15.6. The van der Waals surface area contributed by atoms with E-state index in [0.717, 1.165) is 11.8 Å². The van der Waals surface area contributed by atoms with Crippen LogP contribution in [0, 0.1) is 6.92 Å². The fourth-order valence-electron chi connectivity index (χ4n) is 2.37. The van der Waals surface area contributed by atoms with Gasteiger partial charge in [0.2, 0.25) is 10.0 Å². The third kappa shape index (κ3) is 4.94. The first kappa shape index (κ1) is 17.7. The molecule has 0 spiro atoms. The summed E-state index contributed by atoms with van der Waals surface area (Å²) in [6, 6.07) is 7.88. The molecule has 3 rings (SSSR count). The summed E-state index contributed by atoms with van der Waals surface area (Å²) < 4.78 is 26.7. The minimum absolute atomic E-state index is 0.266. The predicted molar refractivity (Wildman–Crippen MR) is 97.6 cm³/mol. The molecular weight excluding hydrogens is 358 g/mol. The number of aryl methyl sites for hydroxylation is 1. The first-order valence-corrected chi connectivity index (χ1v) is 10.5. The molecule has 0 aliphatic rings. The van der Waals surface area contributed by atoms with E-state index in [2.05, 4.69) is 19.8 Å². The molecule has 9 heteroatoms. The van der Waals surface area contributed by atoms with E-state index in [0.29, 0.717) is 30.3 Å². The highest BCUT2D eigenvalue weighted by Crippen LogP contribution is 2.15. The van der Waals surface area contributed by atoms with Gasteiger partial charge in [0.05, 0.1) is 6.26 Å². The molecule has 0 saturated heterocycles. The molecule has 25 heavy (non-hydrogen) atoms. The largest absolute Gasteiger partial charge is 0.237 e. The normalized spacial score (nSPS) is 11.8. The first-order chi connectivity index (χ1) is 11.9. The van der Waals surface area contributed by atoms with Crippen molar-refractivity contribution in [3.63, 3.8) is 0 Å². The second-order valence-corrected chi connectivity index (χ2v) is 8.59. The van der Waals surface area contributed by atoms with Gasteiger partial charge >= 0.3 is 0 Å². The fourth-order valence-corrected chi connectivity index (χ4v) is 3.54.